The van der Waals surface area contributed by atoms with Crippen LogP contribution in [-0.4, -0.2) is 19.9 Å². The topological polar surface area (TPSA) is 101 Å². The zero-order valence-electron chi connectivity index (χ0n) is 16.7. The molecule has 2 aromatic carbocycles. The lowest BCUT2D eigenvalue weighted by atomic mass is 10.1. The molecule has 1 atom stereocenters. The number of aryl methyl sites for hydroxylation is 2. The molecule has 1 amide bonds. The molecule has 0 aliphatic heterocycles. The molecular weight excluding hydrogens is 398 g/mol. The molecule has 4 N–H and O–H groups in total. The Morgan fingerprint density at radius 3 is 2.14 bits per heavy atom. The Balaban J connectivity index is 0.00000392. The number of carbonyl (C=O) groups is 1. The molecule has 0 spiro atoms. The number of sulfonamides is 1. The van der Waals surface area contributed by atoms with E-state index in [1.54, 1.807) is 52.0 Å². The minimum Gasteiger partial charge on any atom is -0.324 e. The highest BCUT2D eigenvalue weighted by Crippen LogP contribution is 2.23. The number of rotatable bonds is 5. The molecule has 28 heavy (non-hydrogen) atoms. The lowest BCUT2D eigenvalue weighted by molar-refractivity contribution is -0.117. The van der Waals surface area contributed by atoms with Crippen molar-refractivity contribution in [3.05, 3.63) is 59.2 Å². The van der Waals surface area contributed by atoms with E-state index >= 15 is 0 Å². The molecule has 0 saturated carbocycles. The Kier molecular flexibility index (Phi) is 7.79. The van der Waals surface area contributed by atoms with Gasteiger partial charge in [0.05, 0.1) is 4.90 Å². The van der Waals surface area contributed by atoms with E-state index in [2.05, 4.69) is 10.0 Å². The highest BCUT2D eigenvalue weighted by atomic mass is 35.5. The maximum Gasteiger partial charge on any atom is 0.245 e. The normalized spacial score (nSPS) is 12.8. The molecule has 0 radical (unpaired) electrons. The van der Waals surface area contributed by atoms with Crippen LogP contribution in [0.15, 0.2) is 47.4 Å². The molecule has 6 nitrogen and oxygen atoms in total. The summed E-state index contributed by atoms with van der Waals surface area (Å²) in [7, 11) is -3.72. The van der Waals surface area contributed by atoms with Gasteiger partial charge < -0.3 is 11.1 Å². The van der Waals surface area contributed by atoms with Crippen LogP contribution in [0.2, 0.25) is 0 Å². The van der Waals surface area contributed by atoms with Crippen molar-refractivity contribution in [3.8, 4) is 0 Å². The van der Waals surface area contributed by atoms with Gasteiger partial charge in [-0.25, -0.2) is 13.1 Å². The third kappa shape index (κ3) is 6.31. The monoisotopic (exact) mass is 425 g/mol. The summed E-state index contributed by atoms with van der Waals surface area (Å²) in [6.07, 6.45) is 0. The Morgan fingerprint density at radius 1 is 1.04 bits per heavy atom. The second kappa shape index (κ2) is 9.05. The number of hydrogen-bond donors (Lipinski definition) is 3. The van der Waals surface area contributed by atoms with Crippen LogP contribution in [0, 0.1) is 13.8 Å². The number of nitrogens with one attached hydrogen (secondary N) is 2. The van der Waals surface area contributed by atoms with Crippen LogP contribution in [0.5, 0.6) is 0 Å². The van der Waals surface area contributed by atoms with E-state index in [4.69, 9.17) is 5.73 Å². The van der Waals surface area contributed by atoms with Crippen molar-refractivity contribution < 1.29 is 13.2 Å². The van der Waals surface area contributed by atoms with Crippen LogP contribution in [0.3, 0.4) is 0 Å². The van der Waals surface area contributed by atoms with Gasteiger partial charge in [0.2, 0.25) is 15.9 Å². The molecule has 0 bridgehead atoms. The maximum absolute atomic E-state index is 12.6. The highest BCUT2D eigenvalue weighted by Gasteiger charge is 2.24. The van der Waals surface area contributed by atoms with E-state index in [0.717, 1.165) is 5.56 Å². The quantitative estimate of drug-likeness (QED) is 0.682. The first-order chi connectivity index (χ1) is 12.4. The van der Waals surface area contributed by atoms with Gasteiger partial charge in [-0.1, -0.05) is 35.9 Å². The van der Waals surface area contributed by atoms with E-state index in [-0.39, 0.29) is 17.3 Å². The van der Waals surface area contributed by atoms with E-state index in [0.29, 0.717) is 16.8 Å². The van der Waals surface area contributed by atoms with Crippen LogP contribution in [0.4, 0.5) is 5.69 Å². The predicted molar refractivity (Wildman–Crippen MR) is 115 cm³/mol. The van der Waals surface area contributed by atoms with Crippen LogP contribution < -0.4 is 15.8 Å². The minimum absolute atomic E-state index is 0. The molecule has 8 heteroatoms. The van der Waals surface area contributed by atoms with Crippen molar-refractivity contribution in [1.82, 2.24) is 4.72 Å². The Hall–Kier alpha value is -1.93. The third-order valence-corrected chi connectivity index (χ3v) is 5.80. The largest absolute Gasteiger partial charge is 0.324 e. The smallest absolute Gasteiger partial charge is 0.245 e. The first kappa shape index (κ1) is 24.1. The number of hydrogen-bond acceptors (Lipinski definition) is 4. The zero-order valence-corrected chi connectivity index (χ0v) is 18.4. The number of halogens is 1. The van der Waals surface area contributed by atoms with Crippen molar-refractivity contribution in [3.63, 3.8) is 0 Å². The Labute approximate surface area is 173 Å². The summed E-state index contributed by atoms with van der Waals surface area (Å²) in [5.41, 5.74) is 8.15. The number of benzene rings is 2. The fraction of sp³-hybridized carbons (Fsp3) is 0.350. The van der Waals surface area contributed by atoms with Gasteiger partial charge in [-0.2, -0.15) is 0 Å². The van der Waals surface area contributed by atoms with Crippen LogP contribution in [-0.2, 0) is 14.8 Å². The standard InChI is InChI=1S/C20H27N3O3S.ClH/c1-13-6-9-15(10-7-13)18(21)19(24)22-16-11-8-14(2)17(12-16)27(25,26)23-20(3,4)5;/h6-12,18,23H,21H2,1-5H3,(H,22,24);1H. The molecule has 0 aliphatic rings. The van der Waals surface area contributed by atoms with Gasteiger partial charge in [0.1, 0.15) is 6.04 Å². The molecule has 2 rings (SSSR count). The lowest BCUT2D eigenvalue weighted by Gasteiger charge is -2.21. The third-order valence-electron chi connectivity index (χ3n) is 3.90. The second-order valence-electron chi connectivity index (χ2n) is 7.71. The second-order valence-corrected chi connectivity index (χ2v) is 9.36. The van der Waals surface area contributed by atoms with Crippen LogP contribution >= 0.6 is 12.4 Å². The fourth-order valence-corrected chi connectivity index (χ4v) is 4.26. The predicted octanol–water partition coefficient (Wildman–Crippen LogP) is 3.44. The number of nitrogens with two attached hydrogens (primary N) is 1. The van der Waals surface area contributed by atoms with Gasteiger partial charge in [0.25, 0.3) is 0 Å². The summed E-state index contributed by atoms with van der Waals surface area (Å²) in [6.45, 7) is 8.97. The molecule has 0 heterocycles. The highest BCUT2D eigenvalue weighted by molar-refractivity contribution is 7.89. The number of anilines is 1. The molecule has 0 aromatic heterocycles. The van der Waals surface area contributed by atoms with E-state index in [1.165, 1.54) is 6.07 Å². The Morgan fingerprint density at radius 2 is 1.61 bits per heavy atom. The lowest BCUT2D eigenvalue weighted by Crippen LogP contribution is -2.40. The first-order valence-electron chi connectivity index (χ1n) is 8.67. The zero-order chi connectivity index (χ0) is 20.4. The fourth-order valence-electron chi connectivity index (χ4n) is 2.57. The van der Waals surface area contributed by atoms with Crippen LogP contribution in [0.1, 0.15) is 43.5 Å². The van der Waals surface area contributed by atoms with Crippen molar-refractivity contribution >= 4 is 34.0 Å². The molecule has 2 aromatic rings. The van der Waals surface area contributed by atoms with Gasteiger partial charge >= 0.3 is 0 Å². The maximum atomic E-state index is 12.6. The first-order valence-corrected chi connectivity index (χ1v) is 10.1. The van der Waals surface area contributed by atoms with Gasteiger partial charge in [0, 0.05) is 11.2 Å². The summed E-state index contributed by atoms with van der Waals surface area (Å²) in [5.74, 6) is -0.408. The molecule has 0 fully saturated rings. The summed E-state index contributed by atoms with van der Waals surface area (Å²) in [4.78, 5) is 12.6. The van der Waals surface area contributed by atoms with Gasteiger partial charge in [-0.05, 0) is 57.9 Å². The van der Waals surface area contributed by atoms with Crippen molar-refractivity contribution in [2.75, 3.05) is 5.32 Å². The number of carbonyl (C=O) groups excluding carboxylic acids is 1. The SMILES string of the molecule is Cc1ccc(C(N)C(=O)Nc2ccc(C)c(S(=O)(=O)NC(C)(C)C)c2)cc1.Cl. The summed E-state index contributed by atoms with van der Waals surface area (Å²) >= 11 is 0. The Bertz CT molecular complexity index is 936. The molecule has 0 saturated heterocycles. The minimum atomic E-state index is -3.72. The average Bonchev–Trinajstić information content (AvgIpc) is 2.54. The van der Waals surface area contributed by atoms with E-state index < -0.39 is 27.5 Å². The van der Waals surface area contributed by atoms with Crippen molar-refractivity contribution in [2.45, 2.75) is 51.1 Å². The van der Waals surface area contributed by atoms with Crippen molar-refractivity contribution in [2.24, 2.45) is 5.73 Å². The summed E-state index contributed by atoms with van der Waals surface area (Å²) in [5, 5.41) is 2.70. The van der Waals surface area contributed by atoms with Gasteiger partial charge in [0.15, 0.2) is 0 Å². The van der Waals surface area contributed by atoms with Crippen LogP contribution in [0.25, 0.3) is 0 Å². The summed E-state index contributed by atoms with van der Waals surface area (Å²) < 4.78 is 27.9. The average molecular weight is 426 g/mol. The number of amides is 1. The van der Waals surface area contributed by atoms with E-state index in [1.807, 2.05) is 19.1 Å². The van der Waals surface area contributed by atoms with Gasteiger partial charge in [-0.15, -0.1) is 12.4 Å². The van der Waals surface area contributed by atoms with Gasteiger partial charge in [-0.3, -0.25) is 4.79 Å². The molecular formula is C20H28ClN3O3S. The molecule has 0 aliphatic carbocycles. The van der Waals surface area contributed by atoms with Crippen molar-refractivity contribution in [1.29, 1.82) is 0 Å². The molecule has 154 valence electrons. The van der Waals surface area contributed by atoms with E-state index in [9.17, 15) is 13.2 Å². The molecule has 1 unspecified atom stereocenters. The summed E-state index contributed by atoms with van der Waals surface area (Å²) in [6, 6.07) is 11.3.